The highest BCUT2D eigenvalue weighted by Crippen LogP contribution is 2.52. The van der Waals surface area contributed by atoms with Crippen LogP contribution < -0.4 is 20.7 Å². The number of fused-ring (bicyclic) bond motifs is 2. The zero-order valence-electron chi connectivity index (χ0n) is 21.9. The molecule has 1 saturated heterocycles. The van der Waals surface area contributed by atoms with Crippen LogP contribution in [-0.2, 0) is 31.4 Å². The van der Waals surface area contributed by atoms with Gasteiger partial charge in [0.1, 0.15) is 6.04 Å². The lowest BCUT2D eigenvalue weighted by molar-refractivity contribution is -0.131. The Bertz CT molecular complexity index is 1230. The summed E-state index contributed by atoms with van der Waals surface area (Å²) in [4.78, 5) is 27.4. The Kier molecular flexibility index (Phi) is 7.78. The average molecular weight is 527 g/mol. The number of Topliss-reactive ketones (excluding diaryl/α,β-unsaturated/α-hetero) is 1. The van der Waals surface area contributed by atoms with Crippen LogP contribution >= 0.6 is 0 Å². The minimum absolute atomic E-state index is 0.283. The number of para-hydroxylation sites is 1. The van der Waals surface area contributed by atoms with E-state index in [1.807, 2.05) is 42.5 Å². The molecule has 200 valence electrons. The van der Waals surface area contributed by atoms with Gasteiger partial charge in [0.05, 0.1) is 23.5 Å². The number of sulfonamides is 1. The Morgan fingerprint density at radius 2 is 1.73 bits per heavy atom. The van der Waals surface area contributed by atoms with E-state index in [1.54, 1.807) is 26.0 Å². The minimum Gasteiger partial charge on any atom is -0.345 e. The first kappa shape index (κ1) is 27.3. The maximum absolute atomic E-state index is 14.5. The molecule has 4 rings (SSSR count). The minimum atomic E-state index is -3.78. The van der Waals surface area contributed by atoms with Crippen molar-refractivity contribution in [3.8, 4) is 0 Å². The summed E-state index contributed by atoms with van der Waals surface area (Å²) in [7, 11) is -3.78. The van der Waals surface area contributed by atoms with E-state index < -0.39 is 39.0 Å². The molecule has 2 atom stereocenters. The Morgan fingerprint density at radius 3 is 2.35 bits per heavy atom. The third-order valence-corrected chi connectivity index (χ3v) is 8.72. The highest BCUT2D eigenvalue weighted by atomic mass is 32.2. The Labute approximate surface area is 220 Å². The van der Waals surface area contributed by atoms with Gasteiger partial charge in [0, 0.05) is 5.41 Å². The topological polar surface area (TPSA) is 122 Å². The molecule has 0 aliphatic carbocycles. The Morgan fingerprint density at radius 1 is 1.11 bits per heavy atom. The third-order valence-electron chi connectivity index (χ3n) is 7.59. The number of carbonyl (C=O) groups is 2. The molecule has 9 heteroatoms. The molecule has 0 radical (unpaired) electrons. The molecule has 2 heterocycles. The van der Waals surface area contributed by atoms with Crippen LogP contribution in [0.25, 0.3) is 0 Å². The number of hydrogen-bond donors (Lipinski definition) is 3. The van der Waals surface area contributed by atoms with Crippen LogP contribution in [0.15, 0.2) is 54.6 Å². The van der Waals surface area contributed by atoms with Gasteiger partial charge in [-0.25, -0.2) is 8.42 Å². The van der Waals surface area contributed by atoms with Gasteiger partial charge in [-0.2, -0.15) is 0 Å². The number of aryl methyl sites for hydroxylation is 1. The van der Waals surface area contributed by atoms with Crippen molar-refractivity contribution in [1.82, 2.24) is 10.6 Å². The van der Waals surface area contributed by atoms with Gasteiger partial charge in [-0.3, -0.25) is 13.9 Å². The predicted octanol–water partition coefficient (Wildman–Crippen LogP) is 2.27. The number of carbonyl (C=O) groups excluding carboxylic acids is 2. The second-order valence-corrected chi connectivity index (χ2v) is 12.8. The summed E-state index contributed by atoms with van der Waals surface area (Å²) in [6.07, 6.45) is 4.17. The van der Waals surface area contributed by atoms with Gasteiger partial charge in [-0.15, -0.1) is 0 Å². The predicted molar refractivity (Wildman–Crippen MR) is 146 cm³/mol. The molecule has 1 fully saturated rings. The van der Waals surface area contributed by atoms with Crippen LogP contribution in [0, 0.1) is 0 Å². The summed E-state index contributed by atoms with van der Waals surface area (Å²) in [5.41, 5.74) is 6.80. The van der Waals surface area contributed by atoms with Crippen LogP contribution in [0.4, 0.5) is 5.69 Å². The molecule has 8 nitrogen and oxygen atoms in total. The van der Waals surface area contributed by atoms with Crippen molar-refractivity contribution in [2.75, 3.05) is 23.7 Å². The number of hydrogen-bond acceptors (Lipinski definition) is 6. The molecule has 2 aliphatic rings. The lowest BCUT2D eigenvalue weighted by atomic mass is 9.68. The maximum atomic E-state index is 14.5. The summed E-state index contributed by atoms with van der Waals surface area (Å²) in [6.45, 7) is 4.54. The maximum Gasteiger partial charge on any atom is 0.240 e. The smallest absolute Gasteiger partial charge is 0.240 e. The quantitative estimate of drug-likeness (QED) is 0.461. The van der Waals surface area contributed by atoms with E-state index in [9.17, 15) is 18.0 Å². The molecule has 0 saturated carbocycles. The molecule has 1 amide bonds. The van der Waals surface area contributed by atoms with E-state index in [4.69, 9.17) is 5.73 Å². The molecule has 2 aromatic carbocycles. The number of nitrogens with one attached hydrogen (secondary N) is 2. The van der Waals surface area contributed by atoms with Crippen LogP contribution in [0.5, 0.6) is 0 Å². The average Bonchev–Trinajstić information content (AvgIpc) is 3.13. The van der Waals surface area contributed by atoms with Crippen molar-refractivity contribution < 1.29 is 18.0 Å². The van der Waals surface area contributed by atoms with Crippen molar-refractivity contribution in [3.05, 3.63) is 65.7 Å². The first-order valence-electron chi connectivity index (χ1n) is 12.9. The van der Waals surface area contributed by atoms with Gasteiger partial charge in [0.25, 0.3) is 0 Å². The first-order chi connectivity index (χ1) is 17.4. The molecular formula is C28H38N4O4S. The van der Waals surface area contributed by atoms with E-state index in [0.717, 1.165) is 23.8 Å². The standard InChI is InChI=1S/C28H38N4O4S/c1-27(2,29)26(34)31-22(14-9-12-20-10-5-4-6-11-20)24(33)25-28(16-18-30-19-17-28)21-13-7-8-15-23(21)32(25)37(3,35)36/h4-8,10-11,13,15,22,25,30H,9,12,14,16-19,29H2,1-3H3,(H,31,34). The van der Waals surface area contributed by atoms with Gasteiger partial charge in [0.15, 0.2) is 5.78 Å². The Balaban J connectivity index is 1.72. The fourth-order valence-corrected chi connectivity index (χ4v) is 6.95. The van der Waals surface area contributed by atoms with Crippen molar-refractivity contribution >= 4 is 27.4 Å². The van der Waals surface area contributed by atoms with Crippen molar-refractivity contribution in [1.29, 1.82) is 0 Å². The summed E-state index contributed by atoms with van der Waals surface area (Å²) in [5, 5.41) is 6.24. The van der Waals surface area contributed by atoms with Gasteiger partial charge >= 0.3 is 0 Å². The van der Waals surface area contributed by atoms with Crippen LogP contribution in [0.3, 0.4) is 0 Å². The van der Waals surface area contributed by atoms with E-state index >= 15 is 0 Å². The number of nitrogens with two attached hydrogens (primary N) is 1. The molecule has 0 aromatic heterocycles. The number of piperidine rings is 1. The van der Waals surface area contributed by atoms with Crippen molar-refractivity contribution in [2.24, 2.45) is 5.73 Å². The number of benzene rings is 2. The molecule has 4 N–H and O–H groups in total. The third kappa shape index (κ3) is 5.58. The monoisotopic (exact) mass is 526 g/mol. The first-order valence-corrected chi connectivity index (χ1v) is 14.8. The molecule has 2 aliphatic heterocycles. The van der Waals surface area contributed by atoms with Crippen molar-refractivity contribution in [2.45, 2.75) is 69.0 Å². The second-order valence-electron chi connectivity index (χ2n) is 10.9. The van der Waals surface area contributed by atoms with Crippen LogP contribution in [0.1, 0.15) is 50.7 Å². The molecule has 2 aromatic rings. The summed E-state index contributed by atoms with van der Waals surface area (Å²) < 4.78 is 27.7. The largest absolute Gasteiger partial charge is 0.345 e. The molecule has 2 unspecified atom stereocenters. The van der Waals surface area contributed by atoms with E-state index in [1.165, 1.54) is 4.31 Å². The number of anilines is 1. The van der Waals surface area contributed by atoms with Gasteiger partial charge in [-0.1, -0.05) is 48.5 Å². The van der Waals surface area contributed by atoms with Gasteiger partial charge in [0.2, 0.25) is 15.9 Å². The molecule has 1 spiro atoms. The lowest BCUT2D eigenvalue weighted by Gasteiger charge is -2.42. The number of nitrogens with zero attached hydrogens (tertiary/aromatic N) is 1. The lowest BCUT2D eigenvalue weighted by Crippen LogP contribution is -2.62. The second kappa shape index (κ2) is 10.6. The highest BCUT2D eigenvalue weighted by Gasteiger charge is 2.57. The fraction of sp³-hybridized carbons (Fsp3) is 0.500. The fourth-order valence-electron chi connectivity index (χ4n) is 5.75. The summed E-state index contributed by atoms with van der Waals surface area (Å²) >= 11 is 0. The number of ketones is 1. The van der Waals surface area contributed by atoms with Crippen LogP contribution in [0.2, 0.25) is 0 Å². The highest BCUT2D eigenvalue weighted by molar-refractivity contribution is 7.92. The molecular weight excluding hydrogens is 488 g/mol. The summed E-state index contributed by atoms with van der Waals surface area (Å²) in [6, 6.07) is 15.6. The Hall–Kier alpha value is -2.75. The van der Waals surface area contributed by atoms with E-state index in [2.05, 4.69) is 10.6 Å². The normalized spacial score (nSPS) is 19.9. The summed E-state index contributed by atoms with van der Waals surface area (Å²) in [5.74, 6) is -0.722. The number of rotatable bonds is 9. The number of amides is 1. The zero-order valence-corrected chi connectivity index (χ0v) is 22.7. The molecule has 0 bridgehead atoms. The molecule has 37 heavy (non-hydrogen) atoms. The van der Waals surface area contributed by atoms with Gasteiger partial charge in [-0.05, 0) is 76.2 Å². The van der Waals surface area contributed by atoms with E-state index in [0.29, 0.717) is 44.5 Å². The zero-order chi connectivity index (χ0) is 26.8. The van der Waals surface area contributed by atoms with E-state index in [-0.39, 0.29) is 5.78 Å². The SMILES string of the molecule is CC(C)(N)C(=O)NC(CCCc1ccccc1)C(=O)C1N(S(C)(=O)=O)c2ccccc2C12CCNCC2. The van der Waals surface area contributed by atoms with Crippen molar-refractivity contribution in [3.63, 3.8) is 0 Å². The van der Waals surface area contributed by atoms with Crippen LogP contribution in [-0.4, -0.2) is 57.1 Å². The van der Waals surface area contributed by atoms with Gasteiger partial charge < -0.3 is 16.4 Å².